The summed E-state index contributed by atoms with van der Waals surface area (Å²) < 4.78 is 27.2. The summed E-state index contributed by atoms with van der Waals surface area (Å²) in [5.74, 6) is 1.33. The quantitative estimate of drug-likeness (QED) is 0.855. The summed E-state index contributed by atoms with van der Waals surface area (Å²) in [6, 6.07) is 0. The van der Waals surface area contributed by atoms with Crippen molar-refractivity contribution in [2.45, 2.75) is 39.3 Å². The second-order valence-corrected chi connectivity index (χ2v) is 5.40. The number of aryl methyl sites for hydroxylation is 1. The predicted octanol–water partition coefficient (Wildman–Crippen LogP) is 2.29. The van der Waals surface area contributed by atoms with E-state index < -0.39 is 13.3 Å². The SMILES string of the molecule is [2H]C([2H])([2H])OC1C=Nc2c(C)nc(N3CCCCC3)nc2N1CC. The summed E-state index contributed by atoms with van der Waals surface area (Å²) in [7, 11) is -2.49. The summed E-state index contributed by atoms with van der Waals surface area (Å²) in [5, 5.41) is 0. The highest BCUT2D eigenvalue weighted by atomic mass is 16.5. The molecule has 0 saturated carbocycles. The van der Waals surface area contributed by atoms with E-state index >= 15 is 0 Å². The van der Waals surface area contributed by atoms with Crippen LogP contribution in [0.25, 0.3) is 0 Å². The van der Waals surface area contributed by atoms with E-state index in [2.05, 4.69) is 14.9 Å². The van der Waals surface area contributed by atoms with E-state index in [0.29, 0.717) is 24.0 Å². The molecule has 1 aromatic heterocycles. The molecule has 6 nitrogen and oxygen atoms in total. The fraction of sp³-hybridized carbons (Fsp3) is 0.667. The van der Waals surface area contributed by atoms with E-state index in [9.17, 15) is 0 Å². The van der Waals surface area contributed by atoms with Crippen LogP contribution in [0.4, 0.5) is 17.5 Å². The maximum Gasteiger partial charge on any atom is 0.227 e. The molecule has 0 aliphatic carbocycles. The van der Waals surface area contributed by atoms with Crippen LogP contribution in [0.15, 0.2) is 4.99 Å². The highest BCUT2D eigenvalue weighted by molar-refractivity contribution is 5.82. The largest absolute Gasteiger partial charge is 0.356 e. The number of anilines is 2. The second-order valence-electron chi connectivity index (χ2n) is 5.40. The summed E-state index contributed by atoms with van der Waals surface area (Å²) in [4.78, 5) is 17.7. The van der Waals surface area contributed by atoms with Crippen LogP contribution >= 0.6 is 0 Å². The maximum atomic E-state index is 7.34. The molecule has 114 valence electrons. The van der Waals surface area contributed by atoms with Crippen LogP contribution in [0.3, 0.4) is 0 Å². The van der Waals surface area contributed by atoms with Gasteiger partial charge in [-0.1, -0.05) is 0 Å². The van der Waals surface area contributed by atoms with Gasteiger partial charge in [-0.05, 0) is 33.1 Å². The van der Waals surface area contributed by atoms with Gasteiger partial charge in [0, 0.05) is 26.7 Å². The van der Waals surface area contributed by atoms with E-state index in [-0.39, 0.29) is 0 Å². The topological polar surface area (TPSA) is 53.9 Å². The summed E-state index contributed by atoms with van der Waals surface area (Å²) >= 11 is 0. The molecule has 1 unspecified atom stereocenters. The van der Waals surface area contributed by atoms with Crippen molar-refractivity contribution in [1.82, 2.24) is 9.97 Å². The number of rotatable bonds is 3. The van der Waals surface area contributed by atoms with E-state index in [1.54, 1.807) is 0 Å². The van der Waals surface area contributed by atoms with E-state index in [0.717, 1.165) is 31.6 Å². The molecule has 0 radical (unpaired) electrons. The number of hydrogen-bond donors (Lipinski definition) is 0. The third-order valence-corrected chi connectivity index (χ3v) is 4.04. The van der Waals surface area contributed by atoms with Crippen molar-refractivity contribution in [3.05, 3.63) is 5.69 Å². The Morgan fingerprint density at radius 1 is 1.33 bits per heavy atom. The number of nitrogens with zero attached hydrogens (tertiary/aromatic N) is 5. The standard InChI is InChI=1S/C15H23N5O/c1-4-20-12(21-3)10-16-13-11(2)17-15(18-14(13)20)19-8-6-5-7-9-19/h10,12H,4-9H2,1-3H3/i3D3. The molecule has 0 spiro atoms. The molecule has 2 aliphatic rings. The predicted molar refractivity (Wildman–Crippen MR) is 84.8 cm³/mol. The zero-order valence-corrected chi connectivity index (χ0v) is 12.5. The minimum atomic E-state index is -2.49. The Bertz CT molecular complexity index is 628. The van der Waals surface area contributed by atoms with Crippen LogP contribution in [0.5, 0.6) is 0 Å². The lowest BCUT2D eigenvalue weighted by molar-refractivity contribution is 0.154. The molecule has 3 heterocycles. The molecule has 0 aromatic carbocycles. The molecule has 1 fully saturated rings. The van der Waals surface area contributed by atoms with Gasteiger partial charge in [-0.15, -0.1) is 0 Å². The van der Waals surface area contributed by atoms with Gasteiger partial charge in [-0.2, -0.15) is 4.98 Å². The number of piperidine rings is 1. The van der Waals surface area contributed by atoms with Gasteiger partial charge < -0.3 is 14.5 Å². The van der Waals surface area contributed by atoms with Gasteiger partial charge in [0.25, 0.3) is 0 Å². The van der Waals surface area contributed by atoms with Crippen LogP contribution in [-0.2, 0) is 4.74 Å². The average Bonchev–Trinajstić information content (AvgIpc) is 2.54. The third-order valence-electron chi connectivity index (χ3n) is 4.04. The normalized spacial score (nSPS) is 24.3. The van der Waals surface area contributed by atoms with Crippen molar-refractivity contribution in [3.63, 3.8) is 0 Å². The molecule has 1 saturated heterocycles. The molecule has 21 heavy (non-hydrogen) atoms. The molecular weight excluding hydrogens is 266 g/mol. The number of aliphatic imine (C=N–C) groups is 1. The van der Waals surface area contributed by atoms with Gasteiger partial charge in [-0.3, -0.25) is 4.99 Å². The molecular formula is C15H23N5O. The Labute approximate surface area is 130 Å². The van der Waals surface area contributed by atoms with Crippen LogP contribution in [0.1, 0.15) is 36.0 Å². The lowest BCUT2D eigenvalue weighted by atomic mass is 10.1. The average molecular weight is 292 g/mol. The molecule has 0 bridgehead atoms. The first-order valence-electron chi connectivity index (χ1n) is 9.01. The van der Waals surface area contributed by atoms with Crippen LogP contribution in [0.2, 0.25) is 0 Å². The first-order valence-corrected chi connectivity index (χ1v) is 7.51. The van der Waals surface area contributed by atoms with Crippen molar-refractivity contribution in [2.75, 3.05) is 36.5 Å². The number of hydrogen-bond acceptors (Lipinski definition) is 6. The number of fused-ring (bicyclic) bond motifs is 1. The Hall–Kier alpha value is -1.69. The highest BCUT2D eigenvalue weighted by Gasteiger charge is 2.27. The van der Waals surface area contributed by atoms with Crippen molar-refractivity contribution >= 4 is 23.7 Å². The fourth-order valence-electron chi connectivity index (χ4n) is 2.89. The van der Waals surface area contributed by atoms with Crippen LogP contribution < -0.4 is 9.80 Å². The first-order chi connectivity index (χ1) is 11.4. The summed E-state index contributed by atoms with van der Waals surface area (Å²) in [6.45, 7) is 6.31. The molecule has 3 rings (SSSR count). The summed E-state index contributed by atoms with van der Waals surface area (Å²) in [6.07, 6.45) is 4.27. The van der Waals surface area contributed by atoms with Crippen molar-refractivity contribution in [1.29, 1.82) is 0 Å². The molecule has 0 N–H and O–H groups in total. The monoisotopic (exact) mass is 292 g/mol. The van der Waals surface area contributed by atoms with E-state index in [1.165, 1.54) is 12.6 Å². The number of aromatic nitrogens is 2. The van der Waals surface area contributed by atoms with Gasteiger partial charge in [0.1, 0.15) is 5.69 Å². The first kappa shape index (κ1) is 11.0. The third kappa shape index (κ3) is 2.60. The molecule has 6 heteroatoms. The Morgan fingerprint density at radius 3 is 2.86 bits per heavy atom. The highest BCUT2D eigenvalue weighted by Crippen LogP contribution is 2.35. The Balaban J connectivity index is 1.95. The van der Waals surface area contributed by atoms with E-state index in [4.69, 9.17) is 13.8 Å². The van der Waals surface area contributed by atoms with E-state index in [1.807, 2.05) is 18.7 Å². The lowest BCUT2D eigenvalue weighted by Gasteiger charge is -2.34. The molecule has 0 amide bonds. The number of ether oxygens (including phenoxy) is 1. The van der Waals surface area contributed by atoms with Gasteiger partial charge in [0.15, 0.2) is 12.0 Å². The number of methoxy groups -OCH3 is 1. The molecule has 2 aliphatic heterocycles. The lowest BCUT2D eigenvalue weighted by Crippen LogP contribution is -2.41. The fourth-order valence-corrected chi connectivity index (χ4v) is 2.89. The smallest absolute Gasteiger partial charge is 0.227 e. The minimum Gasteiger partial charge on any atom is -0.356 e. The Kier molecular flexibility index (Phi) is 3.12. The van der Waals surface area contributed by atoms with Gasteiger partial charge in [0.05, 0.1) is 16.0 Å². The van der Waals surface area contributed by atoms with Crippen molar-refractivity contribution in [3.8, 4) is 0 Å². The van der Waals surface area contributed by atoms with Gasteiger partial charge >= 0.3 is 0 Å². The van der Waals surface area contributed by atoms with Crippen molar-refractivity contribution < 1.29 is 8.85 Å². The van der Waals surface area contributed by atoms with Gasteiger partial charge in [0.2, 0.25) is 5.95 Å². The minimum absolute atomic E-state index is 0.565. The van der Waals surface area contributed by atoms with Crippen molar-refractivity contribution in [2.24, 2.45) is 4.99 Å². The molecule has 1 atom stereocenters. The maximum absolute atomic E-state index is 7.34. The van der Waals surface area contributed by atoms with Crippen LogP contribution in [-0.4, -0.2) is 49.1 Å². The van der Waals surface area contributed by atoms with Crippen LogP contribution in [0, 0.1) is 6.92 Å². The Morgan fingerprint density at radius 2 is 2.14 bits per heavy atom. The second kappa shape index (κ2) is 5.97. The molecule has 1 aromatic rings. The zero-order chi connectivity index (χ0) is 17.3. The summed E-state index contributed by atoms with van der Waals surface area (Å²) in [5.41, 5.74) is 1.48. The zero-order valence-electron chi connectivity index (χ0n) is 15.5. The van der Waals surface area contributed by atoms with Gasteiger partial charge in [-0.25, -0.2) is 4.98 Å².